The molecule has 0 aliphatic carbocycles. The largest absolute Gasteiger partial charge is 0.493 e. The third-order valence-electron chi connectivity index (χ3n) is 5.28. The highest BCUT2D eigenvalue weighted by Crippen LogP contribution is 2.38. The smallest absolute Gasteiger partial charge is 0.222 e. The van der Waals surface area contributed by atoms with Crippen LogP contribution >= 0.6 is 0 Å². The lowest BCUT2D eigenvalue weighted by Gasteiger charge is -2.39. The number of hydrogen-bond donors (Lipinski definition) is 0. The van der Waals surface area contributed by atoms with Gasteiger partial charge in [0.25, 0.3) is 0 Å². The van der Waals surface area contributed by atoms with Gasteiger partial charge in [0.2, 0.25) is 5.91 Å². The van der Waals surface area contributed by atoms with E-state index in [0.29, 0.717) is 13.0 Å². The molecule has 4 rings (SSSR count). The first-order valence-electron chi connectivity index (χ1n) is 8.34. The van der Waals surface area contributed by atoms with E-state index in [2.05, 4.69) is 18.2 Å². The molecule has 0 aromatic heterocycles. The molecule has 0 bridgehead atoms. The fraction of sp³-hybridized carbons (Fsp3) is 0.611. The number of piperidine rings is 1. The van der Waals surface area contributed by atoms with E-state index in [0.717, 1.165) is 57.8 Å². The highest BCUT2D eigenvalue weighted by atomic mass is 16.5. The molecule has 3 aliphatic rings. The zero-order chi connectivity index (χ0) is 15.0. The molecule has 1 spiro atoms. The topological polar surface area (TPSA) is 38.8 Å². The summed E-state index contributed by atoms with van der Waals surface area (Å²) in [5.74, 6) is 1.30. The first-order chi connectivity index (χ1) is 10.7. The Hall–Kier alpha value is -1.55. The van der Waals surface area contributed by atoms with Crippen LogP contribution in [0.5, 0.6) is 5.75 Å². The van der Waals surface area contributed by atoms with Crippen molar-refractivity contribution < 1.29 is 14.3 Å². The van der Waals surface area contributed by atoms with Gasteiger partial charge < -0.3 is 14.4 Å². The van der Waals surface area contributed by atoms with Gasteiger partial charge in [-0.2, -0.15) is 0 Å². The van der Waals surface area contributed by atoms with E-state index in [1.807, 2.05) is 4.90 Å². The fourth-order valence-electron chi connectivity index (χ4n) is 3.95. The summed E-state index contributed by atoms with van der Waals surface area (Å²) in [4.78, 5) is 14.3. The maximum Gasteiger partial charge on any atom is 0.222 e. The fourth-order valence-corrected chi connectivity index (χ4v) is 3.95. The van der Waals surface area contributed by atoms with E-state index in [9.17, 15) is 4.79 Å². The van der Waals surface area contributed by atoms with Crippen molar-refractivity contribution in [3.63, 3.8) is 0 Å². The Balaban J connectivity index is 1.50. The third kappa shape index (κ3) is 2.60. The van der Waals surface area contributed by atoms with Crippen LogP contribution < -0.4 is 4.74 Å². The molecule has 3 heterocycles. The van der Waals surface area contributed by atoms with Crippen LogP contribution in [0.4, 0.5) is 0 Å². The second-order valence-electron chi connectivity index (χ2n) is 6.95. The number of carbonyl (C=O) groups is 1. The van der Waals surface area contributed by atoms with Gasteiger partial charge in [-0.25, -0.2) is 0 Å². The molecule has 0 N–H and O–H groups in total. The van der Waals surface area contributed by atoms with E-state index >= 15 is 0 Å². The van der Waals surface area contributed by atoms with Crippen molar-refractivity contribution in [2.75, 3.05) is 26.4 Å². The van der Waals surface area contributed by atoms with E-state index in [1.165, 1.54) is 11.1 Å². The number of ether oxygens (including phenoxy) is 2. The van der Waals surface area contributed by atoms with Crippen LogP contribution in [0.15, 0.2) is 18.2 Å². The number of benzene rings is 1. The van der Waals surface area contributed by atoms with Gasteiger partial charge in [-0.1, -0.05) is 12.1 Å². The molecule has 1 unspecified atom stereocenters. The minimum atomic E-state index is 0.214. The number of nitrogens with zero attached hydrogens (tertiary/aromatic N) is 1. The van der Waals surface area contributed by atoms with Crippen LogP contribution in [0.25, 0.3) is 0 Å². The molecule has 3 aliphatic heterocycles. The Morgan fingerprint density at radius 1 is 1.18 bits per heavy atom. The highest BCUT2D eigenvalue weighted by molar-refractivity contribution is 5.77. The van der Waals surface area contributed by atoms with Gasteiger partial charge in [-0.15, -0.1) is 0 Å². The summed E-state index contributed by atoms with van der Waals surface area (Å²) in [5, 5.41) is 0. The van der Waals surface area contributed by atoms with Gasteiger partial charge in [0.15, 0.2) is 0 Å². The average Bonchev–Trinajstić information content (AvgIpc) is 2.99. The Morgan fingerprint density at radius 3 is 3.00 bits per heavy atom. The second-order valence-corrected chi connectivity index (χ2v) is 6.95. The van der Waals surface area contributed by atoms with Crippen LogP contribution in [0, 0.1) is 5.41 Å². The first kappa shape index (κ1) is 14.1. The van der Waals surface area contributed by atoms with Gasteiger partial charge in [-0.05, 0) is 42.9 Å². The van der Waals surface area contributed by atoms with Crippen LogP contribution in [0.2, 0.25) is 0 Å². The van der Waals surface area contributed by atoms with Crippen molar-refractivity contribution in [1.29, 1.82) is 0 Å². The van der Waals surface area contributed by atoms with Crippen LogP contribution in [-0.2, 0) is 22.5 Å². The SMILES string of the molecule is O=C1CCC2(CCOC2)CN1Cc1ccc2c(c1)CCCO2. The lowest BCUT2D eigenvalue weighted by molar-refractivity contribution is -0.138. The molecule has 22 heavy (non-hydrogen) atoms. The zero-order valence-corrected chi connectivity index (χ0v) is 13.0. The quantitative estimate of drug-likeness (QED) is 0.842. The monoisotopic (exact) mass is 301 g/mol. The molecule has 4 nitrogen and oxygen atoms in total. The standard InChI is InChI=1S/C18H23NO3/c20-17-5-6-18(7-9-21-13-18)12-19(17)11-14-3-4-16-15(10-14)2-1-8-22-16/h3-4,10H,1-2,5-9,11-13H2. The van der Waals surface area contributed by atoms with Gasteiger partial charge in [0.05, 0.1) is 13.2 Å². The van der Waals surface area contributed by atoms with Crippen molar-refractivity contribution in [3.05, 3.63) is 29.3 Å². The van der Waals surface area contributed by atoms with Gasteiger partial charge in [-0.3, -0.25) is 4.79 Å². The van der Waals surface area contributed by atoms with E-state index < -0.39 is 0 Å². The first-order valence-corrected chi connectivity index (χ1v) is 8.34. The zero-order valence-electron chi connectivity index (χ0n) is 13.0. The Morgan fingerprint density at radius 2 is 2.14 bits per heavy atom. The predicted octanol–water partition coefficient (Wildman–Crippen LogP) is 2.54. The summed E-state index contributed by atoms with van der Waals surface area (Å²) in [6.45, 7) is 4.04. The van der Waals surface area contributed by atoms with Gasteiger partial charge in [0, 0.05) is 31.5 Å². The molecular weight excluding hydrogens is 278 g/mol. The molecule has 2 fully saturated rings. The summed E-state index contributed by atoms with van der Waals surface area (Å²) >= 11 is 0. The van der Waals surface area contributed by atoms with Crippen molar-refractivity contribution in [3.8, 4) is 5.75 Å². The van der Waals surface area contributed by atoms with E-state index in [1.54, 1.807) is 0 Å². The van der Waals surface area contributed by atoms with Crippen molar-refractivity contribution in [1.82, 2.24) is 4.90 Å². The summed E-state index contributed by atoms with van der Waals surface area (Å²) < 4.78 is 11.3. The number of rotatable bonds is 2. The summed E-state index contributed by atoms with van der Waals surface area (Å²) in [6, 6.07) is 6.38. The Bertz CT molecular complexity index is 578. The molecule has 2 saturated heterocycles. The van der Waals surface area contributed by atoms with Crippen LogP contribution in [0.1, 0.15) is 36.8 Å². The van der Waals surface area contributed by atoms with Gasteiger partial charge >= 0.3 is 0 Å². The molecule has 1 atom stereocenters. The maximum absolute atomic E-state index is 12.3. The third-order valence-corrected chi connectivity index (χ3v) is 5.28. The number of aryl methyl sites for hydroxylation is 1. The number of hydrogen-bond acceptors (Lipinski definition) is 3. The summed E-state index contributed by atoms with van der Waals surface area (Å²) in [6.07, 6.45) is 4.90. The normalized spacial score (nSPS) is 27.8. The summed E-state index contributed by atoms with van der Waals surface area (Å²) in [7, 11) is 0. The lowest BCUT2D eigenvalue weighted by atomic mass is 9.79. The minimum Gasteiger partial charge on any atom is -0.493 e. The molecule has 1 aromatic carbocycles. The van der Waals surface area contributed by atoms with Gasteiger partial charge in [0.1, 0.15) is 5.75 Å². The summed E-state index contributed by atoms with van der Waals surface area (Å²) in [5.41, 5.74) is 2.71. The number of amides is 1. The molecule has 1 amide bonds. The number of fused-ring (bicyclic) bond motifs is 1. The molecular formula is C18H23NO3. The molecule has 0 saturated carbocycles. The Labute approximate surface area is 131 Å². The van der Waals surface area contributed by atoms with E-state index in [4.69, 9.17) is 9.47 Å². The van der Waals surface area contributed by atoms with Crippen LogP contribution in [0.3, 0.4) is 0 Å². The average molecular weight is 301 g/mol. The highest BCUT2D eigenvalue weighted by Gasteiger charge is 2.41. The van der Waals surface area contributed by atoms with Crippen molar-refractivity contribution >= 4 is 5.91 Å². The lowest BCUT2D eigenvalue weighted by Crippen LogP contribution is -2.46. The minimum absolute atomic E-state index is 0.214. The maximum atomic E-state index is 12.3. The molecule has 1 aromatic rings. The van der Waals surface area contributed by atoms with Crippen molar-refractivity contribution in [2.45, 2.75) is 38.6 Å². The van der Waals surface area contributed by atoms with Crippen LogP contribution in [-0.4, -0.2) is 37.2 Å². The molecule has 0 radical (unpaired) electrons. The second kappa shape index (κ2) is 5.58. The molecule has 118 valence electrons. The van der Waals surface area contributed by atoms with Crippen molar-refractivity contribution in [2.24, 2.45) is 5.41 Å². The number of carbonyl (C=O) groups excluding carboxylic acids is 1. The van der Waals surface area contributed by atoms with E-state index in [-0.39, 0.29) is 11.3 Å². The predicted molar refractivity (Wildman–Crippen MR) is 82.8 cm³/mol. The Kier molecular flexibility index (Phi) is 3.57. The molecule has 4 heteroatoms. The number of likely N-dealkylation sites (tertiary alicyclic amines) is 1.